The van der Waals surface area contributed by atoms with E-state index in [1.54, 1.807) is 12.3 Å². The molecule has 4 atom stereocenters. The lowest BCUT2D eigenvalue weighted by Crippen LogP contribution is -2.56. The number of nitrogens with zero attached hydrogens (tertiary/aromatic N) is 1. The van der Waals surface area contributed by atoms with Crippen LogP contribution >= 0.6 is 11.6 Å². The van der Waals surface area contributed by atoms with Crippen LogP contribution in [-0.2, 0) is 24.0 Å². The second-order valence-electron chi connectivity index (χ2n) is 10.1. The Bertz CT molecular complexity index is 1230. The largest absolute Gasteiger partial charge is 0.489 e. The number of aliphatic hydroxyl groups excluding tert-OH is 1. The molecule has 4 nitrogen and oxygen atoms in total. The summed E-state index contributed by atoms with van der Waals surface area (Å²) in [4.78, 5) is 4.32. The molecule has 2 aromatic carbocycles. The van der Waals surface area contributed by atoms with Gasteiger partial charge in [-0.15, -0.1) is 0 Å². The number of benzene rings is 2. The molecule has 1 fully saturated rings. The van der Waals surface area contributed by atoms with Gasteiger partial charge in [0.2, 0.25) is 0 Å². The molecule has 35 heavy (non-hydrogen) atoms. The first kappa shape index (κ1) is 24.2. The van der Waals surface area contributed by atoms with Gasteiger partial charge < -0.3 is 14.9 Å². The van der Waals surface area contributed by atoms with Gasteiger partial charge >= 0.3 is 0 Å². The summed E-state index contributed by atoms with van der Waals surface area (Å²) < 4.78 is 20.2. The van der Waals surface area contributed by atoms with Crippen molar-refractivity contribution in [3.63, 3.8) is 0 Å². The minimum absolute atomic E-state index is 0.153. The Hall–Kier alpha value is -2.47. The van der Waals surface area contributed by atoms with Gasteiger partial charge in [-0.3, -0.25) is 4.98 Å². The zero-order chi connectivity index (χ0) is 24.8. The van der Waals surface area contributed by atoms with E-state index in [0.717, 1.165) is 36.3 Å². The molecular formula is C29H31ClFNO3. The molecule has 0 amide bonds. The van der Waals surface area contributed by atoms with Crippen LogP contribution in [0.4, 0.5) is 4.39 Å². The summed E-state index contributed by atoms with van der Waals surface area (Å²) in [6.07, 6.45) is 4.09. The van der Waals surface area contributed by atoms with Gasteiger partial charge in [0.15, 0.2) is 0 Å². The van der Waals surface area contributed by atoms with Crippen LogP contribution in [0, 0.1) is 18.7 Å². The normalized spacial score (nSPS) is 27.7. The summed E-state index contributed by atoms with van der Waals surface area (Å²) in [7, 11) is 0. The number of hydrogen-bond donors (Lipinski definition) is 2. The molecule has 6 heteroatoms. The number of aliphatic hydroxyl groups is 2. The van der Waals surface area contributed by atoms with Gasteiger partial charge in [0.25, 0.3) is 0 Å². The molecule has 1 aromatic heterocycles. The van der Waals surface area contributed by atoms with Crippen LogP contribution < -0.4 is 4.74 Å². The van der Waals surface area contributed by atoms with Crippen molar-refractivity contribution in [2.24, 2.45) is 5.92 Å². The number of aromatic nitrogens is 1. The number of hydrogen-bond acceptors (Lipinski definition) is 4. The van der Waals surface area contributed by atoms with Crippen molar-refractivity contribution in [3.8, 4) is 5.75 Å². The van der Waals surface area contributed by atoms with Gasteiger partial charge in [-0.25, -0.2) is 4.39 Å². The molecule has 0 saturated heterocycles. The lowest BCUT2D eigenvalue weighted by molar-refractivity contribution is -0.146. The molecule has 184 valence electrons. The van der Waals surface area contributed by atoms with Crippen LogP contribution in [0.1, 0.15) is 60.6 Å². The quantitative estimate of drug-likeness (QED) is 0.454. The van der Waals surface area contributed by atoms with Gasteiger partial charge in [-0.1, -0.05) is 30.7 Å². The molecule has 3 unspecified atom stereocenters. The van der Waals surface area contributed by atoms with E-state index in [2.05, 4.69) is 24.0 Å². The number of rotatable bonds is 5. The Morgan fingerprint density at radius 3 is 2.74 bits per heavy atom. The van der Waals surface area contributed by atoms with Gasteiger partial charge in [0, 0.05) is 27.9 Å². The fraction of sp³-hybridized carbons (Fsp3) is 0.414. The highest BCUT2D eigenvalue weighted by molar-refractivity contribution is 6.30. The summed E-state index contributed by atoms with van der Waals surface area (Å²) in [5.74, 6) is 0.461. The third kappa shape index (κ3) is 4.24. The second-order valence-corrected chi connectivity index (χ2v) is 10.5. The van der Waals surface area contributed by atoms with Crippen LogP contribution in [0.5, 0.6) is 5.75 Å². The van der Waals surface area contributed by atoms with Gasteiger partial charge in [-0.05, 0) is 98.0 Å². The van der Waals surface area contributed by atoms with Gasteiger partial charge in [-0.2, -0.15) is 0 Å². The maximum absolute atomic E-state index is 14.1. The molecule has 3 aromatic rings. The molecule has 0 spiro atoms. The third-order valence-corrected chi connectivity index (χ3v) is 8.55. The van der Waals surface area contributed by atoms with Crippen LogP contribution in [0.15, 0.2) is 54.7 Å². The van der Waals surface area contributed by atoms with E-state index < -0.39 is 17.5 Å². The fourth-order valence-corrected chi connectivity index (χ4v) is 6.57. The molecule has 2 aliphatic rings. The molecule has 2 aliphatic carbocycles. The minimum atomic E-state index is -1.53. The fourth-order valence-electron chi connectivity index (χ4n) is 6.35. The van der Waals surface area contributed by atoms with Crippen molar-refractivity contribution in [2.45, 2.75) is 69.7 Å². The zero-order valence-electron chi connectivity index (χ0n) is 20.1. The van der Waals surface area contributed by atoms with Crippen LogP contribution in [0.2, 0.25) is 5.02 Å². The average molecular weight is 496 g/mol. The van der Waals surface area contributed by atoms with E-state index in [0.29, 0.717) is 25.0 Å². The van der Waals surface area contributed by atoms with E-state index in [1.807, 2.05) is 25.1 Å². The maximum Gasteiger partial charge on any atom is 0.125 e. The SMILES string of the molecule is CCC12CC(O)C(O)(c3cc(F)cc(Cl)c3)C[C@H]1CCc1cc(OCc3cccnc3C)ccc12. The minimum Gasteiger partial charge on any atom is -0.489 e. The highest BCUT2D eigenvalue weighted by Crippen LogP contribution is 2.57. The maximum atomic E-state index is 14.1. The zero-order valence-corrected chi connectivity index (χ0v) is 20.9. The molecular weight excluding hydrogens is 465 g/mol. The van der Waals surface area contributed by atoms with E-state index in [-0.39, 0.29) is 16.4 Å². The second kappa shape index (κ2) is 9.20. The van der Waals surface area contributed by atoms with E-state index >= 15 is 0 Å². The molecule has 2 N–H and O–H groups in total. The van der Waals surface area contributed by atoms with Crippen molar-refractivity contribution >= 4 is 11.6 Å². The van der Waals surface area contributed by atoms with Crippen molar-refractivity contribution in [1.29, 1.82) is 0 Å². The Morgan fingerprint density at radius 1 is 1.17 bits per heavy atom. The summed E-state index contributed by atoms with van der Waals surface area (Å²) >= 11 is 6.08. The topological polar surface area (TPSA) is 62.6 Å². The van der Waals surface area contributed by atoms with Crippen LogP contribution in [0.3, 0.4) is 0 Å². The standard InChI is InChI=1S/C29H31ClFNO3/c1-3-28-16-27(33)29(34,22-12-23(30)14-24(31)13-22)15-21(28)7-6-19-11-25(8-9-26(19)28)35-17-20-5-4-10-32-18(20)2/h4-5,8-14,21,27,33-34H,3,6-7,15-17H2,1-2H3/t21-,27?,28?,29?/m1/s1. The number of halogens is 2. The summed E-state index contributed by atoms with van der Waals surface area (Å²) in [6, 6.07) is 14.3. The average Bonchev–Trinajstić information content (AvgIpc) is 2.83. The Morgan fingerprint density at radius 2 is 2.00 bits per heavy atom. The van der Waals surface area contributed by atoms with E-state index in [4.69, 9.17) is 16.3 Å². The summed E-state index contributed by atoms with van der Waals surface area (Å²) in [5, 5.41) is 23.1. The first-order valence-corrected chi connectivity index (χ1v) is 12.7. The smallest absolute Gasteiger partial charge is 0.125 e. The molecule has 0 bridgehead atoms. The van der Waals surface area contributed by atoms with Crippen LogP contribution in [-0.4, -0.2) is 21.3 Å². The number of pyridine rings is 1. The van der Waals surface area contributed by atoms with Crippen molar-refractivity contribution in [2.75, 3.05) is 0 Å². The predicted molar refractivity (Wildman–Crippen MR) is 134 cm³/mol. The first-order chi connectivity index (χ1) is 16.7. The molecule has 1 heterocycles. The monoisotopic (exact) mass is 495 g/mol. The summed E-state index contributed by atoms with van der Waals surface area (Å²) in [6.45, 7) is 4.58. The van der Waals surface area contributed by atoms with Crippen LogP contribution in [0.25, 0.3) is 0 Å². The highest BCUT2D eigenvalue weighted by atomic mass is 35.5. The predicted octanol–water partition coefficient (Wildman–Crippen LogP) is 6.01. The van der Waals surface area contributed by atoms with Crippen molar-refractivity contribution < 1.29 is 19.3 Å². The Kier molecular flexibility index (Phi) is 6.37. The van der Waals surface area contributed by atoms with Gasteiger partial charge in [0.05, 0.1) is 6.10 Å². The first-order valence-electron chi connectivity index (χ1n) is 12.3. The van der Waals surface area contributed by atoms with Gasteiger partial charge in [0.1, 0.15) is 23.8 Å². The molecule has 5 rings (SSSR count). The lowest BCUT2D eigenvalue weighted by Gasteiger charge is -2.55. The van der Waals surface area contributed by atoms with Crippen molar-refractivity contribution in [3.05, 3.63) is 93.5 Å². The number of ether oxygens (including phenoxy) is 1. The van der Waals surface area contributed by atoms with E-state index in [9.17, 15) is 14.6 Å². The third-order valence-electron chi connectivity index (χ3n) is 8.33. The van der Waals surface area contributed by atoms with Crippen molar-refractivity contribution in [1.82, 2.24) is 4.98 Å². The number of fused-ring (bicyclic) bond motifs is 3. The Labute approximate surface area is 210 Å². The van der Waals surface area contributed by atoms with E-state index in [1.165, 1.54) is 23.3 Å². The lowest BCUT2D eigenvalue weighted by atomic mass is 9.52. The highest BCUT2D eigenvalue weighted by Gasteiger charge is 2.55. The number of aryl methyl sites for hydroxylation is 2. The Balaban J connectivity index is 1.43. The molecule has 0 radical (unpaired) electrons. The molecule has 0 aliphatic heterocycles. The molecule has 1 saturated carbocycles. The summed E-state index contributed by atoms with van der Waals surface area (Å²) in [5.41, 5.74) is 3.03.